The third-order valence-electron chi connectivity index (χ3n) is 2.99. The molecule has 0 radical (unpaired) electrons. The van der Waals surface area contributed by atoms with Gasteiger partial charge in [0.15, 0.2) is 0 Å². The third-order valence-corrected chi connectivity index (χ3v) is 4.80. The van der Waals surface area contributed by atoms with E-state index in [4.69, 9.17) is 0 Å². The van der Waals surface area contributed by atoms with Crippen molar-refractivity contribution in [3.05, 3.63) is 50.0 Å². The van der Waals surface area contributed by atoms with E-state index < -0.39 is 0 Å². The van der Waals surface area contributed by atoms with Crippen LogP contribution in [0.1, 0.15) is 30.0 Å². The van der Waals surface area contributed by atoms with E-state index in [1.165, 1.54) is 14.0 Å². The molecule has 2 rings (SSSR count). The highest BCUT2D eigenvalue weighted by Crippen LogP contribution is 2.32. The summed E-state index contributed by atoms with van der Waals surface area (Å²) in [5, 5.41) is 5.65. The van der Waals surface area contributed by atoms with Crippen molar-refractivity contribution in [1.82, 2.24) is 10.3 Å². The molecule has 0 bridgehead atoms. The Morgan fingerprint density at radius 3 is 2.53 bits per heavy atom. The maximum Gasteiger partial charge on any atom is 0.0656 e. The molecular formula is C13H15IN2S. The molecule has 0 saturated heterocycles. The van der Waals surface area contributed by atoms with Crippen molar-refractivity contribution in [3.8, 4) is 0 Å². The van der Waals surface area contributed by atoms with Crippen LogP contribution in [0.5, 0.6) is 0 Å². The molecule has 4 heteroatoms. The Kier molecular flexibility index (Phi) is 4.53. The van der Waals surface area contributed by atoms with E-state index in [2.05, 4.69) is 63.4 Å². The summed E-state index contributed by atoms with van der Waals surface area (Å²) in [6.45, 7) is 2.25. The van der Waals surface area contributed by atoms with Gasteiger partial charge in [-0.05, 0) is 64.3 Å². The lowest BCUT2D eigenvalue weighted by atomic mass is 9.90. The second-order valence-corrected chi connectivity index (χ2v) is 6.83. The number of likely N-dealkylation sites (N-methyl/N-ethyl adjacent to an activating group) is 1. The van der Waals surface area contributed by atoms with Gasteiger partial charge < -0.3 is 5.32 Å². The van der Waals surface area contributed by atoms with Gasteiger partial charge in [-0.2, -0.15) is 0 Å². The van der Waals surface area contributed by atoms with Crippen molar-refractivity contribution < 1.29 is 0 Å². The molecule has 0 fully saturated rings. The average Bonchev–Trinajstić information content (AvgIpc) is 2.78. The summed E-state index contributed by atoms with van der Waals surface area (Å²) in [7, 11) is 2.02. The van der Waals surface area contributed by atoms with Crippen molar-refractivity contribution in [1.29, 1.82) is 0 Å². The fourth-order valence-corrected chi connectivity index (χ4v) is 3.46. The quantitative estimate of drug-likeness (QED) is 0.841. The van der Waals surface area contributed by atoms with E-state index in [0.29, 0.717) is 12.0 Å². The van der Waals surface area contributed by atoms with Crippen LogP contribution < -0.4 is 5.32 Å². The van der Waals surface area contributed by atoms with Crippen molar-refractivity contribution in [2.45, 2.75) is 18.9 Å². The van der Waals surface area contributed by atoms with Gasteiger partial charge in [-0.25, -0.2) is 0 Å². The van der Waals surface area contributed by atoms with Crippen LogP contribution in [-0.2, 0) is 0 Å². The van der Waals surface area contributed by atoms with E-state index in [0.717, 1.165) is 0 Å². The fraction of sp³-hybridized carbons (Fsp3) is 0.308. The molecule has 2 heterocycles. The van der Waals surface area contributed by atoms with Crippen LogP contribution in [0, 0.1) is 2.88 Å². The molecule has 2 atom stereocenters. The van der Waals surface area contributed by atoms with Gasteiger partial charge in [0.25, 0.3) is 0 Å². The number of rotatable bonds is 4. The molecular weight excluding hydrogens is 343 g/mol. The van der Waals surface area contributed by atoms with E-state index in [9.17, 15) is 0 Å². The zero-order chi connectivity index (χ0) is 12.3. The van der Waals surface area contributed by atoms with Crippen LogP contribution in [0.2, 0.25) is 0 Å². The maximum atomic E-state index is 4.07. The second kappa shape index (κ2) is 5.93. The number of thiophene rings is 1. The summed E-state index contributed by atoms with van der Waals surface area (Å²) < 4.78 is 1.33. The van der Waals surface area contributed by atoms with Gasteiger partial charge in [0.05, 0.1) is 2.88 Å². The Bertz CT molecular complexity index is 469. The molecule has 0 aliphatic carbocycles. The van der Waals surface area contributed by atoms with Crippen molar-refractivity contribution in [2.75, 3.05) is 7.05 Å². The van der Waals surface area contributed by atoms with Crippen LogP contribution in [0.15, 0.2) is 36.0 Å². The zero-order valence-corrected chi connectivity index (χ0v) is 12.8. The highest BCUT2D eigenvalue weighted by molar-refractivity contribution is 14.1. The SMILES string of the molecule is CNC(c1csc(I)c1)C(C)c1ccncc1. The van der Waals surface area contributed by atoms with Crippen LogP contribution in [0.3, 0.4) is 0 Å². The van der Waals surface area contributed by atoms with Gasteiger partial charge in [-0.1, -0.05) is 6.92 Å². The fourth-order valence-electron chi connectivity index (χ4n) is 2.05. The number of nitrogens with one attached hydrogen (secondary N) is 1. The van der Waals surface area contributed by atoms with Gasteiger partial charge in [0.1, 0.15) is 0 Å². The van der Waals surface area contributed by atoms with Crippen molar-refractivity contribution in [2.24, 2.45) is 0 Å². The Balaban J connectivity index is 2.25. The van der Waals surface area contributed by atoms with Crippen molar-refractivity contribution in [3.63, 3.8) is 0 Å². The van der Waals surface area contributed by atoms with Gasteiger partial charge in [0, 0.05) is 24.4 Å². The summed E-state index contributed by atoms with van der Waals surface area (Å²) in [6, 6.07) is 6.79. The molecule has 17 heavy (non-hydrogen) atoms. The zero-order valence-electron chi connectivity index (χ0n) is 9.85. The lowest BCUT2D eigenvalue weighted by Crippen LogP contribution is -2.21. The lowest BCUT2D eigenvalue weighted by Gasteiger charge is -2.23. The predicted octanol–water partition coefficient (Wildman–Crippen LogP) is 3.81. The summed E-state index contributed by atoms with van der Waals surface area (Å²) in [4.78, 5) is 4.07. The van der Waals surface area contributed by atoms with Crippen LogP contribution >= 0.6 is 33.9 Å². The first kappa shape index (κ1) is 13.0. The van der Waals surface area contributed by atoms with Crippen LogP contribution in [-0.4, -0.2) is 12.0 Å². The molecule has 1 N–H and O–H groups in total. The van der Waals surface area contributed by atoms with E-state index in [1.54, 1.807) is 11.3 Å². The summed E-state index contributed by atoms with van der Waals surface area (Å²) in [6.07, 6.45) is 3.71. The van der Waals surface area contributed by atoms with Gasteiger partial charge in [0.2, 0.25) is 0 Å². The first-order valence-electron chi connectivity index (χ1n) is 5.53. The first-order chi connectivity index (χ1) is 8.22. The monoisotopic (exact) mass is 358 g/mol. The lowest BCUT2D eigenvalue weighted by molar-refractivity contribution is 0.509. The molecule has 90 valence electrons. The van der Waals surface area contributed by atoms with E-state index in [1.807, 2.05) is 19.4 Å². The summed E-state index contributed by atoms with van der Waals surface area (Å²) >= 11 is 4.16. The minimum atomic E-state index is 0.358. The molecule has 0 saturated carbocycles. The number of pyridine rings is 1. The molecule has 2 aromatic heterocycles. The molecule has 0 amide bonds. The second-order valence-electron chi connectivity index (χ2n) is 4.02. The Hall–Kier alpha value is -0.460. The van der Waals surface area contributed by atoms with Crippen molar-refractivity contribution >= 4 is 33.9 Å². The first-order valence-corrected chi connectivity index (χ1v) is 7.49. The maximum absolute atomic E-state index is 4.07. The molecule has 2 aromatic rings. The number of nitrogens with zero attached hydrogens (tertiary/aromatic N) is 1. The predicted molar refractivity (Wildman–Crippen MR) is 81.5 cm³/mol. The minimum Gasteiger partial charge on any atom is -0.312 e. The van der Waals surface area contributed by atoms with Gasteiger partial charge in [-0.15, -0.1) is 11.3 Å². The summed E-state index contributed by atoms with van der Waals surface area (Å²) in [5.74, 6) is 0.438. The summed E-state index contributed by atoms with van der Waals surface area (Å²) in [5.41, 5.74) is 2.69. The number of hydrogen-bond acceptors (Lipinski definition) is 3. The third kappa shape index (κ3) is 3.05. The molecule has 0 aliphatic rings. The smallest absolute Gasteiger partial charge is 0.0656 e. The van der Waals surface area contributed by atoms with E-state index in [-0.39, 0.29) is 0 Å². The van der Waals surface area contributed by atoms with Crippen LogP contribution in [0.4, 0.5) is 0 Å². The number of hydrogen-bond donors (Lipinski definition) is 1. The minimum absolute atomic E-state index is 0.358. The topological polar surface area (TPSA) is 24.9 Å². The molecule has 0 aromatic carbocycles. The largest absolute Gasteiger partial charge is 0.312 e. The standard InChI is InChI=1S/C13H15IN2S/c1-9(10-3-5-16-6-4-10)13(15-2)11-7-12(14)17-8-11/h3-9,13,15H,1-2H3. The molecule has 0 aliphatic heterocycles. The highest BCUT2D eigenvalue weighted by atomic mass is 127. The molecule has 0 spiro atoms. The Labute approximate surface area is 120 Å². The number of halogens is 1. The number of aromatic nitrogens is 1. The van der Waals surface area contributed by atoms with Gasteiger partial charge in [-0.3, -0.25) is 4.98 Å². The Morgan fingerprint density at radius 2 is 2.00 bits per heavy atom. The van der Waals surface area contributed by atoms with Gasteiger partial charge >= 0.3 is 0 Å². The Morgan fingerprint density at radius 1 is 1.29 bits per heavy atom. The normalized spacial score (nSPS) is 14.5. The average molecular weight is 358 g/mol. The molecule has 2 nitrogen and oxygen atoms in total. The molecule has 2 unspecified atom stereocenters. The van der Waals surface area contributed by atoms with Crippen LogP contribution in [0.25, 0.3) is 0 Å². The van der Waals surface area contributed by atoms with E-state index >= 15 is 0 Å². The highest BCUT2D eigenvalue weighted by Gasteiger charge is 2.20.